The molecule has 5 heteroatoms. The van der Waals surface area contributed by atoms with Gasteiger partial charge in [0.15, 0.2) is 0 Å². The molecule has 0 spiro atoms. The molecule has 0 atom stereocenters. The van der Waals surface area contributed by atoms with Crippen LogP contribution in [0.1, 0.15) is 12.8 Å². The predicted octanol–water partition coefficient (Wildman–Crippen LogP) is 2.48. The molecule has 1 aliphatic heterocycles. The van der Waals surface area contributed by atoms with E-state index in [0.717, 1.165) is 47.7 Å². The maximum Gasteiger partial charge on any atom is 0.117 e. The summed E-state index contributed by atoms with van der Waals surface area (Å²) in [5.74, 6) is 0. The number of ether oxygens (including phenoxy) is 1. The number of hydrogen-bond acceptors (Lipinski definition) is 5. The molecular formula is C13H15N3OS. The average molecular weight is 261 g/mol. The second kappa shape index (κ2) is 5.12. The van der Waals surface area contributed by atoms with Crippen LogP contribution in [0.2, 0.25) is 0 Å². The van der Waals surface area contributed by atoms with E-state index in [1.54, 1.807) is 6.33 Å². The van der Waals surface area contributed by atoms with Crippen LogP contribution in [-0.2, 0) is 4.74 Å². The Bertz CT molecular complexity index is 555. The van der Waals surface area contributed by atoms with E-state index in [0.29, 0.717) is 5.25 Å². The van der Waals surface area contributed by atoms with Crippen molar-refractivity contribution in [3.63, 3.8) is 0 Å². The van der Waals surface area contributed by atoms with Gasteiger partial charge < -0.3 is 10.5 Å². The Balaban J connectivity index is 1.92. The highest BCUT2D eigenvalue weighted by Gasteiger charge is 2.17. The first-order valence-corrected chi connectivity index (χ1v) is 6.95. The van der Waals surface area contributed by atoms with Crippen LogP contribution in [0.25, 0.3) is 10.9 Å². The molecule has 0 radical (unpaired) electrons. The molecule has 18 heavy (non-hydrogen) atoms. The van der Waals surface area contributed by atoms with Crippen molar-refractivity contribution in [1.82, 2.24) is 9.97 Å². The molecule has 0 amide bonds. The average Bonchev–Trinajstić information content (AvgIpc) is 2.41. The van der Waals surface area contributed by atoms with Gasteiger partial charge in [0, 0.05) is 29.5 Å². The first-order valence-electron chi connectivity index (χ1n) is 6.07. The third kappa shape index (κ3) is 2.42. The summed E-state index contributed by atoms with van der Waals surface area (Å²) in [6.45, 7) is 1.70. The third-order valence-electron chi connectivity index (χ3n) is 3.07. The van der Waals surface area contributed by atoms with Crippen molar-refractivity contribution in [2.24, 2.45) is 0 Å². The lowest BCUT2D eigenvalue weighted by atomic mass is 10.2. The van der Waals surface area contributed by atoms with Crippen LogP contribution in [0, 0.1) is 0 Å². The summed E-state index contributed by atoms with van der Waals surface area (Å²) >= 11 is 1.82. The normalized spacial score (nSPS) is 17.1. The highest BCUT2D eigenvalue weighted by Crippen LogP contribution is 2.32. The summed E-state index contributed by atoms with van der Waals surface area (Å²) in [4.78, 5) is 8.67. The molecule has 2 N–H and O–H groups in total. The van der Waals surface area contributed by atoms with Crippen LogP contribution in [-0.4, -0.2) is 28.4 Å². The van der Waals surface area contributed by atoms with Gasteiger partial charge in [-0.3, -0.25) is 0 Å². The second-order valence-corrected chi connectivity index (χ2v) is 5.67. The molecule has 94 valence electrons. The van der Waals surface area contributed by atoms with E-state index in [-0.39, 0.29) is 0 Å². The van der Waals surface area contributed by atoms with Crippen molar-refractivity contribution in [2.75, 3.05) is 18.9 Å². The maximum absolute atomic E-state index is 5.84. The minimum atomic E-state index is 0.582. The van der Waals surface area contributed by atoms with Gasteiger partial charge in [-0.1, -0.05) is 0 Å². The van der Waals surface area contributed by atoms with Crippen molar-refractivity contribution in [2.45, 2.75) is 23.1 Å². The van der Waals surface area contributed by atoms with Crippen LogP contribution in [0.4, 0.5) is 5.69 Å². The summed E-state index contributed by atoms with van der Waals surface area (Å²) in [5, 5.41) is 2.66. The maximum atomic E-state index is 5.84. The van der Waals surface area contributed by atoms with E-state index >= 15 is 0 Å². The molecule has 1 aromatic carbocycles. The molecule has 0 bridgehead atoms. The number of anilines is 1. The van der Waals surface area contributed by atoms with Gasteiger partial charge in [0.1, 0.15) is 11.4 Å². The second-order valence-electron chi connectivity index (χ2n) is 4.38. The van der Waals surface area contributed by atoms with E-state index in [1.807, 2.05) is 30.0 Å². The molecule has 0 saturated carbocycles. The smallest absolute Gasteiger partial charge is 0.117 e. The Morgan fingerprint density at radius 1 is 1.22 bits per heavy atom. The minimum Gasteiger partial charge on any atom is -0.399 e. The summed E-state index contributed by atoms with van der Waals surface area (Å²) in [6, 6.07) is 5.77. The number of aromatic nitrogens is 2. The SMILES string of the molecule is Nc1ccc2ncnc(SC3CCOCC3)c2c1. The molecule has 2 aromatic rings. The number of benzene rings is 1. The Morgan fingerprint density at radius 2 is 2.06 bits per heavy atom. The number of hydrogen-bond donors (Lipinski definition) is 1. The molecule has 0 aliphatic carbocycles. The summed E-state index contributed by atoms with van der Waals surface area (Å²) < 4.78 is 5.38. The molecule has 1 fully saturated rings. The van der Waals surface area contributed by atoms with Crippen LogP contribution >= 0.6 is 11.8 Å². The van der Waals surface area contributed by atoms with Gasteiger partial charge in [-0.2, -0.15) is 0 Å². The van der Waals surface area contributed by atoms with Gasteiger partial charge in [-0.25, -0.2) is 9.97 Å². The Morgan fingerprint density at radius 3 is 2.89 bits per heavy atom. The molecule has 1 saturated heterocycles. The number of nitrogens with two attached hydrogens (primary N) is 1. The van der Waals surface area contributed by atoms with Gasteiger partial charge in [0.25, 0.3) is 0 Å². The van der Waals surface area contributed by atoms with Crippen LogP contribution in [0.15, 0.2) is 29.6 Å². The van der Waals surface area contributed by atoms with Gasteiger partial charge in [-0.05, 0) is 31.0 Å². The molecule has 2 heterocycles. The number of thioether (sulfide) groups is 1. The molecule has 1 aromatic heterocycles. The Hall–Kier alpha value is -1.33. The highest BCUT2D eigenvalue weighted by atomic mass is 32.2. The zero-order chi connectivity index (χ0) is 12.4. The first kappa shape index (κ1) is 11.7. The monoisotopic (exact) mass is 261 g/mol. The lowest BCUT2D eigenvalue weighted by Gasteiger charge is -2.21. The predicted molar refractivity (Wildman–Crippen MR) is 73.6 cm³/mol. The van der Waals surface area contributed by atoms with E-state index in [2.05, 4.69) is 9.97 Å². The minimum absolute atomic E-state index is 0.582. The zero-order valence-corrected chi connectivity index (χ0v) is 10.8. The van der Waals surface area contributed by atoms with Crippen LogP contribution < -0.4 is 5.73 Å². The molecule has 4 nitrogen and oxygen atoms in total. The topological polar surface area (TPSA) is 61.0 Å². The summed E-state index contributed by atoms with van der Waals surface area (Å²) in [6.07, 6.45) is 3.79. The van der Waals surface area contributed by atoms with Gasteiger partial charge >= 0.3 is 0 Å². The lowest BCUT2D eigenvalue weighted by molar-refractivity contribution is 0.1000. The fraction of sp³-hybridized carbons (Fsp3) is 0.385. The largest absolute Gasteiger partial charge is 0.399 e. The van der Waals surface area contributed by atoms with E-state index < -0.39 is 0 Å². The van der Waals surface area contributed by atoms with Gasteiger partial charge in [0.05, 0.1) is 5.52 Å². The molecule has 1 aliphatic rings. The van der Waals surface area contributed by atoms with Crippen molar-refractivity contribution in [1.29, 1.82) is 0 Å². The first-order chi connectivity index (χ1) is 8.83. The van der Waals surface area contributed by atoms with E-state index in [1.165, 1.54) is 0 Å². The van der Waals surface area contributed by atoms with E-state index in [9.17, 15) is 0 Å². The van der Waals surface area contributed by atoms with Crippen molar-refractivity contribution in [3.05, 3.63) is 24.5 Å². The third-order valence-corrected chi connectivity index (χ3v) is 4.42. The summed E-state index contributed by atoms with van der Waals surface area (Å²) in [5.41, 5.74) is 7.55. The Labute approximate surface area is 110 Å². The van der Waals surface area contributed by atoms with Crippen LogP contribution in [0.5, 0.6) is 0 Å². The lowest BCUT2D eigenvalue weighted by Crippen LogP contribution is -2.17. The van der Waals surface area contributed by atoms with Gasteiger partial charge in [-0.15, -0.1) is 11.8 Å². The fourth-order valence-corrected chi connectivity index (χ4v) is 3.24. The molecule has 3 rings (SSSR count). The van der Waals surface area contributed by atoms with Crippen molar-refractivity contribution < 1.29 is 4.74 Å². The van der Waals surface area contributed by atoms with E-state index in [4.69, 9.17) is 10.5 Å². The number of nitrogen functional groups attached to an aromatic ring is 1. The fourth-order valence-electron chi connectivity index (χ4n) is 2.10. The molecule has 0 unspecified atom stereocenters. The molecular weight excluding hydrogens is 246 g/mol. The zero-order valence-electron chi connectivity index (χ0n) is 10.0. The van der Waals surface area contributed by atoms with Crippen molar-refractivity contribution >= 4 is 28.4 Å². The standard InChI is InChI=1S/C13H15N3OS/c14-9-1-2-12-11(7-9)13(16-8-15-12)18-10-3-5-17-6-4-10/h1-2,7-8,10H,3-6,14H2. The number of rotatable bonds is 2. The Kier molecular flexibility index (Phi) is 3.34. The number of fused-ring (bicyclic) bond motifs is 1. The summed E-state index contributed by atoms with van der Waals surface area (Å²) in [7, 11) is 0. The highest BCUT2D eigenvalue weighted by molar-refractivity contribution is 8.00. The van der Waals surface area contributed by atoms with Crippen LogP contribution in [0.3, 0.4) is 0 Å². The van der Waals surface area contributed by atoms with Gasteiger partial charge in [0.2, 0.25) is 0 Å². The van der Waals surface area contributed by atoms with Crippen molar-refractivity contribution in [3.8, 4) is 0 Å². The quantitative estimate of drug-likeness (QED) is 0.664. The number of nitrogens with zero attached hydrogens (tertiary/aromatic N) is 2.